The minimum Gasteiger partial charge on any atom is -0.481 e. The predicted octanol–water partition coefficient (Wildman–Crippen LogP) is 3.76. The Morgan fingerprint density at radius 1 is 1.18 bits per heavy atom. The molecule has 5 heteroatoms. The summed E-state index contributed by atoms with van der Waals surface area (Å²) in [6.45, 7) is 0.585. The van der Waals surface area contributed by atoms with E-state index in [2.05, 4.69) is 21.0 Å². The average molecular weight is 359 g/mol. The van der Waals surface area contributed by atoms with E-state index in [1.807, 2.05) is 59.6 Å². The number of hydrazone groups is 1. The van der Waals surface area contributed by atoms with E-state index in [9.17, 15) is 4.79 Å². The number of nitrogens with zero attached hydrogens (tertiary/aromatic N) is 2. The summed E-state index contributed by atoms with van der Waals surface area (Å²) in [5, 5.41) is 15.7. The van der Waals surface area contributed by atoms with Gasteiger partial charge in [0.15, 0.2) is 0 Å². The van der Waals surface area contributed by atoms with Gasteiger partial charge in [0.2, 0.25) is 0 Å². The lowest BCUT2D eigenvalue weighted by Crippen LogP contribution is -2.22. The van der Waals surface area contributed by atoms with Crippen molar-refractivity contribution >= 4 is 33.3 Å². The van der Waals surface area contributed by atoms with E-state index in [-0.39, 0.29) is 12.3 Å². The maximum atomic E-state index is 11.1. The third kappa shape index (κ3) is 3.20. The summed E-state index contributed by atoms with van der Waals surface area (Å²) >= 11 is 3.41. The van der Waals surface area contributed by atoms with Crippen molar-refractivity contribution in [2.45, 2.75) is 6.42 Å². The van der Waals surface area contributed by atoms with Gasteiger partial charge >= 0.3 is 5.97 Å². The number of para-hydroxylation sites is 1. The second-order valence-corrected chi connectivity index (χ2v) is 6.12. The zero-order valence-electron chi connectivity index (χ0n) is 11.8. The van der Waals surface area contributed by atoms with Crippen molar-refractivity contribution in [1.82, 2.24) is 0 Å². The molecule has 0 saturated heterocycles. The van der Waals surface area contributed by atoms with Crippen LogP contribution in [-0.4, -0.2) is 23.3 Å². The molecule has 0 bridgehead atoms. The number of benzene rings is 2. The van der Waals surface area contributed by atoms with E-state index < -0.39 is 5.97 Å². The van der Waals surface area contributed by atoms with Gasteiger partial charge in [-0.3, -0.25) is 9.80 Å². The molecule has 0 amide bonds. The van der Waals surface area contributed by atoms with Gasteiger partial charge in [-0.05, 0) is 29.8 Å². The molecule has 1 heterocycles. The fraction of sp³-hybridized carbons (Fsp3) is 0.176. The van der Waals surface area contributed by atoms with Gasteiger partial charge in [0.05, 0.1) is 24.4 Å². The summed E-state index contributed by atoms with van der Waals surface area (Å²) in [7, 11) is 0. The van der Waals surface area contributed by atoms with Crippen molar-refractivity contribution in [1.29, 1.82) is 0 Å². The van der Waals surface area contributed by atoms with Crippen molar-refractivity contribution in [3.8, 4) is 0 Å². The number of rotatable bonds is 4. The molecule has 0 radical (unpaired) electrons. The van der Waals surface area contributed by atoms with E-state index >= 15 is 0 Å². The van der Waals surface area contributed by atoms with E-state index in [0.29, 0.717) is 6.54 Å². The monoisotopic (exact) mass is 358 g/mol. The number of carbonyl (C=O) groups is 1. The van der Waals surface area contributed by atoms with Crippen LogP contribution in [0.25, 0.3) is 0 Å². The molecule has 0 spiro atoms. The molecule has 0 saturated carbocycles. The molecule has 4 nitrogen and oxygen atoms in total. The van der Waals surface area contributed by atoms with E-state index in [4.69, 9.17) is 5.11 Å². The van der Waals surface area contributed by atoms with Gasteiger partial charge in [0.25, 0.3) is 0 Å². The molecule has 0 aliphatic carbocycles. The molecule has 2 aromatic rings. The Morgan fingerprint density at radius 3 is 2.50 bits per heavy atom. The third-order valence-electron chi connectivity index (χ3n) is 3.62. The minimum absolute atomic E-state index is 0.0816. The lowest BCUT2D eigenvalue weighted by Gasteiger charge is -2.15. The molecule has 3 rings (SSSR count). The largest absolute Gasteiger partial charge is 0.481 e. The molecule has 1 N–H and O–H groups in total. The number of anilines is 1. The number of carboxylic acid groups (broad SMARTS) is 1. The summed E-state index contributed by atoms with van der Waals surface area (Å²) in [4.78, 5) is 11.1. The molecule has 1 aliphatic heterocycles. The molecule has 2 aromatic carbocycles. The maximum absolute atomic E-state index is 11.1. The summed E-state index contributed by atoms with van der Waals surface area (Å²) in [6, 6.07) is 17.6. The van der Waals surface area contributed by atoms with Crippen LogP contribution in [0.4, 0.5) is 5.69 Å². The first-order valence-electron chi connectivity index (χ1n) is 7.02. The maximum Gasteiger partial charge on any atom is 0.304 e. The molecule has 1 aliphatic rings. The van der Waals surface area contributed by atoms with E-state index in [0.717, 1.165) is 21.4 Å². The van der Waals surface area contributed by atoms with Gasteiger partial charge in [-0.1, -0.05) is 46.3 Å². The SMILES string of the molecule is O=C(O)CC1CN(c2ccccc2)N=C1c1ccc(Br)cc1. The topological polar surface area (TPSA) is 52.9 Å². The van der Waals surface area contributed by atoms with Crippen LogP contribution < -0.4 is 5.01 Å². The average Bonchev–Trinajstić information content (AvgIpc) is 2.92. The summed E-state index contributed by atoms with van der Waals surface area (Å²) in [6.07, 6.45) is 0.0816. The summed E-state index contributed by atoms with van der Waals surface area (Å²) in [5.74, 6) is -0.913. The lowest BCUT2D eigenvalue weighted by atomic mass is 9.94. The molecule has 1 atom stereocenters. The lowest BCUT2D eigenvalue weighted by molar-refractivity contribution is -0.137. The van der Waals surface area contributed by atoms with Crippen molar-refractivity contribution in [2.24, 2.45) is 11.0 Å². The first-order valence-corrected chi connectivity index (χ1v) is 7.81. The molecule has 0 aromatic heterocycles. The highest BCUT2D eigenvalue weighted by Gasteiger charge is 2.30. The third-order valence-corrected chi connectivity index (χ3v) is 4.15. The van der Waals surface area contributed by atoms with Crippen molar-refractivity contribution < 1.29 is 9.90 Å². The molecular formula is C17H15BrN2O2. The fourth-order valence-corrected chi connectivity index (χ4v) is 2.86. The highest BCUT2D eigenvalue weighted by atomic mass is 79.9. The van der Waals surface area contributed by atoms with Crippen molar-refractivity contribution in [3.05, 3.63) is 64.6 Å². The van der Waals surface area contributed by atoms with Crippen LogP contribution in [-0.2, 0) is 4.79 Å². The van der Waals surface area contributed by atoms with Crippen LogP contribution in [0, 0.1) is 5.92 Å². The molecule has 1 unspecified atom stereocenters. The van der Waals surface area contributed by atoms with Crippen LogP contribution in [0.15, 0.2) is 64.2 Å². The van der Waals surface area contributed by atoms with Crippen LogP contribution in [0.2, 0.25) is 0 Å². The number of aliphatic carboxylic acids is 1. The van der Waals surface area contributed by atoms with Gasteiger partial charge in [-0.15, -0.1) is 0 Å². The molecule has 112 valence electrons. The normalized spacial score (nSPS) is 17.4. The molecular weight excluding hydrogens is 344 g/mol. The van der Waals surface area contributed by atoms with Gasteiger partial charge < -0.3 is 5.11 Å². The summed E-state index contributed by atoms with van der Waals surface area (Å²) < 4.78 is 0.990. The zero-order valence-corrected chi connectivity index (χ0v) is 13.4. The Labute approximate surface area is 137 Å². The quantitative estimate of drug-likeness (QED) is 0.904. The highest BCUT2D eigenvalue weighted by molar-refractivity contribution is 9.10. The van der Waals surface area contributed by atoms with Gasteiger partial charge in [-0.25, -0.2) is 0 Å². The first-order chi connectivity index (χ1) is 10.6. The van der Waals surface area contributed by atoms with Crippen molar-refractivity contribution in [2.75, 3.05) is 11.6 Å². The van der Waals surface area contributed by atoms with Crippen LogP contribution in [0.3, 0.4) is 0 Å². The second-order valence-electron chi connectivity index (χ2n) is 5.20. The fourth-order valence-electron chi connectivity index (χ4n) is 2.60. The Hall–Kier alpha value is -2.14. The zero-order chi connectivity index (χ0) is 15.5. The Kier molecular flexibility index (Phi) is 4.24. The van der Waals surface area contributed by atoms with Crippen LogP contribution >= 0.6 is 15.9 Å². The predicted molar refractivity (Wildman–Crippen MR) is 90.2 cm³/mol. The van der Waals surface area contributed by atoms with Gasteiger partial charge in [-0.2, -0.15) is 5.10 Å². The first kappa shape index (κ1) is 14.8. The minimum atomic E-state index is -0.801. The van der Waals surface area contributed by atoms with E-state index in [1.54, 1.807) is 0 Å². The Bertz CT molecular complexity index is 698. The number of carboxylic acids is 1. The Balaban J connectivity index is 1.94. The van der Waals surface area contributed by atoms with Crippen molar-refractivity contribution in [3.63, 3.8) is 0 Å². The number of hydrogen-bond donors (Lipinski definition) is 1. The van der Waals surface area contributed by atoms with E-state index in [1.165, 1.54) is 0 Å². The second kappa shape index (κ2) is 6.32. The molecule has 0 fully saturated rings. The number of hydrogen-bond acceptors (Lipinski definition) is 3. The Morgan fingerprint density at radius 2 is 1.86 bits per heavy atom. The summed E-state index contributed by atoms with van der Waals surface area (Å²) in [5.41, 5.74) is 2.77. The molecule has 22 heavy (non-hydrogen) atoms. The smallest absolute Gasteiger partial charge is 0.304 e. The van der Waals surface area contributed by atoms with Crippen LogP contribution in [0.1, 0.15) is 12.0 Å². The van der Waals surface area contributed by atoms with Crippen LogP contribution in [0.5, 0.6) is 0 Å². The van der Waals surface area contributed by atoms with Gasteiger partial charge in [0.1, 0.15) is 0 Å². The highest BCUT2D eigenvalue weighted by Crippen LogP contribution is 2.27. The van der Waals surface area contributed by atoms with Gasteiger partial charge in [0, 0.05) is 10.4 Å². The standard InChI is InChI=1S/C17H15BrN2O2/c18-14-8-6-12(7-9-14)17-13(10-16(21)22)11-20(19-17)15-4-2-1-3-5-15/h1-9,13H,10-11H2,(H,21,22). The number of halogens is 1.